The Balaban J connectivity index is 0.000000505. The van der Waals surface area contributed by atoms with E-state index in [9.17, 15) is 23.1 Å². The van der Waals surface area contributed by atoms with Crippen molar-refractivity contribution in [1.82, 2.24) is 15.0 Å². The van der Waals surface area contributed by atoms with Crippen molar-refractivity contribution in [3.8, 4) is 5.75 Å². The number of hydrogen-bond acceptors (Lipinski definition) is 6. The van der Waals surface area contributed by atoms with Crippen LogP contribution in [0.4, 0.5) is 19.0 Å². The van der Waals surface area contributed by atoms with Gasteiger partial charge in [-0.2, -0.15) is 13.2 Å². The predicted molar refractivity (Wildman–Crippen MR) is 133 cm³/mol. The third kappa shape index (κ3) is 8.22. The van der Waals surface area contributed by atoms with Gasteiger partial charge in [0.15, 0.2) is 0 Å². The highest BCUT2D eigenvalue weighted by molar-refractivity contribution is 5.86. The van der Waals surface area contributed by atoms with Gasteiger partial charge in [-0.3, -0.25) is 9.78 Å². The predicted octanol–water partition coefficient (Wildman–Crippen LogP) is 5.08. The lowest BCUT2D eigenvalue weighted by Gasteiger charge is -2.15. The van der Waals surface area contributed by atoms with E-state index in [2.05, 4.69) is 20.3 Å². The Kier molecular flexibility index (Phi) is 9.63. The van der Waals surface area contributed by atoms with Gasteiger partial charge in [0.2, 0.25) is 0 Å². The number of aromatic nitrogens is 3. The first-order chi connectivity index (χ1) is 18.1. The van der Waals surface area contributed by atoms with Gasteiger partial charge in [0.05, 0.1) is 13.0 Å². The molecule has 4 rings (SSSR count). The minimum atomic E-state index is -5.08. The number of carboxylic acid groups (broad SMARTS) is 2. The van der Waals surface area contributed by atoms with Gasteiger partial charge in [-0.15, -0.1) is 0 Å². The molecule has 0 saturated heterocycles. The van der Waals surface area contributed by atoms with Crippen molar-refractivity contribution >= 4 is 28.7 Å². The summed E-state index contributed by atoms with van der Waals surface area (Å²) >= 11 is 0. The Morgan fingerprint density at radius 2 is 1.79 bits per heavy atom. The van der Waals surface area contributed by atoms with Gasteiger partial charge >= 0.3 is 18.1 Å². The van der Waals surface area contributed by atoms with E-state index in [-0.39, 0.29) is 12.3 Å². The maximum Gasteiger partial charge on any atom is 0.490 e. The van der Waals surface area contributed by atoms with E-state index in [0.29, 0.717) is 6.61 Å². The normalized spacial score (nSPS) is 11.8. The lowest BCUT2D eigenvalue weighted by Crippen LogP contribution is -2.21. The summed E-state index contributed by atoms with van der Waals surface area (Å²) < 4.78 is 37.6. The number of carbonyl (C=O) groups is 2. The molecular formula is C26H25F3N4O5. The number of fused-ring (bicyclic) bond motifs is 1. The molecule has 0 aliphatic rings. The fraction of sp³-hybridized carbons (Fsp3) is 0.231. The lowest BCUT2D eigenvalue weighted by molar-refractivity contribution is -0.192. The van der Waals surface area contributed by atoms with Crippen LogP contribution in [0.25, 0.3) is 10.9 Å². The molecule has 4 N–H and O–H groups in total. The second kappa shape index (κ2) is 13.1. The van der Waals surface area contributed by atoms with Crippen LogP contribution in [-0.4, -0.2) is 56.4 Å². The molecule has 0 radical (unpaired) electrons. The molecule has 3 heterocycles. The van der Waals surface area contributed by atoms with Gasteiger partial charge in [0, 0.05) is 54.2 Å². The zero-order chi connectivity index (χ0) is 27.5. The number of anilines is 1. The quantitative estimate of drug-likeness (QED) is 0.208. The van der Waals surface area contributed by atoms with E-state index >= 15 is 0 Å². The molecule has 0 amide bonds. The summed E-state index contributed by atoms with van der Waals surface area (Å²) in [4.78, 5) is 31.9. The number of ether oxygens (including phenoxy) is 1. The first-order valence-electron chi connectivity index (χ1n) is 11.5. The van der Waals surface area contributed by atoms with E-state index in [1.54, 1.807) is 18.6 Å². The maximum atomic E-state index is 11.5. The first kappa shape index (κ1) is 28.0. The smallest absolute Gasteiger partial charge is 0.490 e. The largest absolute Gasteiger partial charge is 0.493 e. The van der Waals surface area contributed by atoms with Crippen LogP contribution in [0.15, 0.2) is 73.3 Å². The summed E-state index contributed by atoms with van der Waals surface area (Å²) in [5.74, 6) is -2.22. The third-order valence-electron chi connectivity index (χ3n) is 5.35. The van der Waals surface area contributed by atoms with Crippen LogP contribution < -0.4 is 10.1 Å². The number of halogens is 3. The van der Waals surface area contributed by atoms with E-state index in [1.165, 1.54) is 0 Å². The molecule has 1 unspecified atom stereocenters. The van der Waals surface area contributed by atoms with Crippen LogP contribution in [0.3, 0.4) is 0 Å². The van der Waals surface area contributed by atoms with Crippen LogP contribution in [0.5, 0.6) is 5.75 Å². The summed E-state index contributed by atoms with van der Waals surface area (Å²) in [6.45, 7) is 1.35. The lowest BCUT2D eigenvalue weighted by atomic mass is 9.89. The van der Waals surface area contributed by atoms with Gasteiger partial charge in [-0.1, -0.05) is 6.07 Å². The SMILES string of the molecule is O=C(O)C(F)(F)F.O=C(O)CC(c1ccncc1)c1c[nH]c2cc(OCCCNc3ccccn3)ccc12. The van der Waals surface area contributed by atoms with Gasteiger partial charge in [-0.05, 0) is 53.9 Å². The number of alkyl halides is 3. The molecule has 1 aromatic carbocycles. The molecule has 200 valence electrons. The van der Waals surface area contributed by atoms with Crippen LogP contribution >= 0.6 is 0 Å². The number of nitrogens with one attached hydrogen (secondary N) is 2. The number of aromatic amines is 1. The first-order valence-corrected chi connectivity index (χ1v) is 11.5. The summed E-state index contributed by atoms with van der Waals surface area (Å²) in [6.07, 6.45) is 2.79. The van der Waals surface area contributed by atoms with Crippen molar-refractivity contribution in [2.45, 2.75) is 24.9 Å². The molecule has 1 atom stereocenters. The topological polar surface area (TPSA) is 137 Å². The fourth-order valence-corrected chi connectivity index (χ4v) is 3.63. The fourth-order valence-electron chi connectivity index (χ4n) is 3.63. The monoisotopic (exact) mass is 530 g/mol. The number of carboxylic acids is 2. The average molecular weight is 531 g/mol. The Bertz CT molecular complexity index is 1330. The molecule has 0 fully saturated rings. The second-order valence-corrected chi connectivity index (χ2v) is 8.03. The number of rotatable bonds is 10. The standard InChI is InChI=1S/C24H24N4O3.C2HF3O2/c29-24(30)15-20(17-7-11-25-12-8-17)21-16-28-22-14-18(5-6-19(21)22)31-13-3-10-27-23-4-1-2-9-26-23;3-2(4,5)1(6)7/h1-2,4-9,11-12,14,16,20,28H,3,10,13,15H2,(H,26,27)(H,29,30);(H,6,7). The Labute approximate surface area is 215 Å². The third-order valence-corrected chi connectivity index (χ3v) is 5.35. The number of hydrogen-bond donors (Lipinski definition) is 4. The minimum Gasteiger partial charge on any atom is -0.493 e. The molecule has 0 spiro atoms. The molecule has 4 aromatic rings. The highest BCUT2D eigenvalue weighted by atomic mass is 19.4. The molecule has 0 aliphatic carbocycles. The van der Waals surface area contributed by atoms with Crippen LogP contribution in [0.1, 0.15) is 29.9 Å². The average Bonchev–Trinajstić information content (AvgIpc) is 3.31. The van der Waals surface area contributed by atoms with Crippen LogP contribution in [-0.2, 0) is 9.59 Å². The summed E-state index contributed by atoms with van der Waals surface area (Å²) in [6, 6.07) is 15.4. The molecule has 9 nitrogen and oxygen atoms in total. The number of aliphatic carboxylic acids is 2. The van der Waals surface area contributed by atoms with Crippen LogP contribution in [0.2, 0.25) is 0 Å². The molecule has 0 saturated carbocycles. The Morgan fingerprint density at radius 3 is 2.42 bits per heavy atom. The Morgan fingerprint density at radius 1 is 1.05 bits per heavy atom. The van der Waals surface area contributed by atoms with Crippen molar-refractivity contribution in [2.24, 2.45) is 0 Å². The molecule has 0 bridgehead atoms. The van der Waals surface area contributed by atoms with E-state index in [0.717, 1.165) is 46.6 Å². The van der Waals surface area contributed by atoms with E-state index < -0.39 is 18.1 Å². The maximum absolute atomic E-state index is 11.5. The number of nitrogens with zero attached hydrogens (tertiary/aromatic N) is 2. The second-order valence-electron chi connectivity index (χ2n) is 8.03. The highest BCUT2D eigenvalue weighted by Crippen LogP contribution is 2.34. The molecule has 12 heteroatoms. The van der Waals surface area contributed by atoms with Gasteiger partial charge < -0.3 is 25.3 Å². The van der Waals surface area contributed by atoms with Crippen molar-refractivity contribution in [3.05, 3.63) is 84.4 Å². The highest BCUT2D eigenvalue weighted by Gasteiger charge is 2.38. The Hall–Kier alpha value is -4.61. The number of pyridine rings is 2. The van der Waals surface area contributed by atoms with Crippen molar-refractivity contribution in [2.75, 3.05) is 18.5 Å². The summed E-state index contributed by atoms with van der Waals surface area (Å²) in [5, 5.41) is 20.8. The zero-order valence-corrected chi connectivity index (χ0v) is 20.0. The van der Waals surface area contributed by atoms with Crippen molar-refractivity contribution in [1.29, 1.82) is 0 Å². The zero-order valence-electron chi connectivity index (χ0n) is 20.0. The summed E-state index contributed by atoms with van der Waals surface area (Å²) in [7, 11) is 0. The number of benzene rings is 1. The van der Waals surface area contributed by atoms with Gasteiger partial charge in [0.25, 0.3) is 0 Å². The molecular weight excluding hydrogens is 505 g/mol. The molecule has 0 aliphatic heterocycles. The number of H-pyrrole nitrogens is 1. The van der Waals surface area contributed by atoms with Gasteiger partial charge in [-0.25, -0.2) is 9.78 Å². The van der Waals surface area contributed by atoms with Crippen molar-refractivity contribution < 1.29 is 37.7 Å². The van der Waals surface area contributed by atoms with Crippen molar-refractivity contribution in [3.63, 3.8) is 0 Å². The molecule has 38 heavy (non-hydrogen) atoms. The van der Waals surface area contributed by atoms with Crippen LogP contribution in [0, 0.1) is 0 Å². The van der Waals surface area contributed by atoms with E-state index in [4.69, 9.17) is 14.6 Å². The summed E-state index contributed by atoms with van der Waals surface area (Å²) in [5.41, 5.74) is 2.80. The molecule has 3 aromatic heterocycles. The minimum absolute atomic E-state index is 0.0124. The van der Waals surface area contributed by atoms with E-state index in [1.807, 2.05) is 54.7 Å². The van der Waals surface area contributed by atoms with Gasteiger partial charge in [0.1, 0.15) is 11.6 Å².